The Morgan fingerprint density at radius 2 is 1.96 bits per heavy atom. The van der Waals surface area contributed by atoms with Gasteiger partial charge in [0, 0.05) is 17.5 Å². The molecule has 4 rings (SSSR count). The molecular weight excluding hydrogens is 334 g/mol. The summed E-state index contributed by atoms with van der Waals surface area (Å²) in [7, 11) is 0. The van der Waals surface area contributed by atoms with Gasteiger partial charge in [-0.3, -0.25) is 10.2 Å². The summed E-state index contributed by atoms with van der Waals surface area (Å²) in [4.78, 5) is 15.9. The highest BCUT2D eigenvalue weighted by Crippen LogP contribution is 2.46. The molecule has 26 heavy (non-hydrogen) atoms. The van der Waals surface area contributed by atoms with Crippen molar-refractivity contribution in [1.82, 2.24) is 10.0 Å². The fourth-order valence-corrected chi connectivity index (χ4v) is 3.71. The summed E-state index contributed by atoms with van der Waals surface area (Å²) in [6.07, 6.45) is 2.20. The molecule has 0 fully saturated rings. The number of aromatic hydroxyl groups is 2. The molecule has 1 heterocycles. The lowest BCUT2D eigenvalue weighted by molar-refractivity contribution is -0.0810. The molecule has 0 saturated heterocycles. The van der Waals surface area contributed by atoms with E-state index in [1.165, 1.54) is 6.07 Å². The van der Waals surface area contributed by atoms with Crippen LogP contribution in [-0.4, -0.2) is 31.5 Å². The number of nitrogens with zero attached hydrogens (tertiary/aromatic N) is 2. The SMILES string of the molecule is NC(=O)N(O)C1c2ccccc2CC1c1cnc2c(O)c(O)ccc2c1. The van der Waals surface area contributed by atoms with Crippen LogP contribution >= 0.6 is 0 Å². The van der Waals surface area contributed by atoms with Crippen LogP contribution in [0.5, 0.6) is 11.5 Å². The number of fused-ring (bicyclic) bond motifs is 2. The lowest BCUT2D eigenvalue weighted by atomic mass is 9.92. The molecule has 5 N–H and O–H groups in total. The van der Waals surface area contributed by atoms with Gasteiger partial charge >= 0.3 is 6.03 Å². The van der Waals surface area contributed by atoms with Crippen LogP contribution in [0.2, 0.25) is 0 Å². The normalized spacial score (nSPS) is 18.7. The average Bonchev–Trinajstić information content (AvgIpc) is 3.03. The molecule has 0 bridgehead atoms. The predicted octanol–water partition coefficient (Wildman–Crippen LogP) is 2.80. The fraction of sp³-hybridized carbons (Fsp3) is 0.158. The van der Waals surface area contributed by atoms with E-state index in [1.54, 1.807) is 12.3 Å². The van der Waals surface area contributed by atoms with Crippen LogP contribution in [0.4, 0.5) is 4.79 Å². The van der Waals surface area contributed by atoms with E-state index in [0.717, 1.165) is 16.7 Å². The second-order valence-corrected chi connectivity index (χ2v) is 6.41. The van der Waals surface area contributed by atoms with Gasteiger partial charge in [0.1, 0.15) is 5.52 Å². The van der Waals surface area contributed by atoms with Gasteiger partial charge in [0.05, 0.1) is 6.04 Å². The number of benzene rings is 2. The topological polar surface area (TPSA) is 120 Å². The molecule has 132 valence electrons. The maximum absolute atomic E-state index is 11.6. The first-order chi connectivity index (χ1) is 12.5. The third-order valence-electron chi connectivity index (χ3n) is 4.94. The van der Waals surface area contributed by atoms with E-state index < -0.39 is 12.1 Å². The molecule has 2 atom stereocenters. The van der Waals surface area contributed by atoms with E-state index in [1.807, 2.05) is 30.3 Å². The van der Waals surface area contributed by atoms with Gasteiger partial charge in [-0.05, 0) is 41.3 Å². The summed E-state index contributed by atoms with van der Waals surface area (Å²) < 4.78 is 0. The van der Waals surface area contributed by atoms with Gasteiger partial charge in [0.25, 0.3) is 0 Å². The molecule has 2 unspecified atom stereocenters. The van der Waals surface area contributed by atoms with Crippen molar-refractivity contribution < 1.29 is 20.2 Å². The largest absolute Gasteiger partial charge is 0.504 e. The Balaban J connectivity index is 1.82. The molecule has 7 heteroatoms. The van der Waals surface area contributed by atoms with Gasteiger partial charge in [-0.1, -0.05) is 24.3 Å². The van der Waals surface area contributed by atoms with E-state index in [4.69, 9.17) is 5.73 Å². The maximum atomic E-state index is 11.6. The van der Waals surface area contributed by atoms with Crippen LogP contribution in [-0.2, 0) is 6.42 Å². The number of aromatic nitrogens is 1. The van der Waals surface area contributed by atoms with Crippen LogP contribution < -0.4 is 5.73 Å². The first-order valence-electron chi connectivity index (χ1n) is 8.13. The Bertz CT molecular complexity index is 1020. The number of pyridine rings is 1. The Labute approximate surface area is 148 Å². The Morgan fingerprint density at radius 1 is 1.19 bits per heavy atom. The minimum atomic E-state index is -0.923. The van der Waals surface area contributed by atoms with Crippen molar-refractivity contribution in [3.63, 3.8) is 0 Å². The van der Waals surface area contributed by atoms with Crippen molar-refractivity contribution in [2.24, 2.45) is 5.73 Å². The van der Waals surface area contributed by atoms with E-state index in [0.29, 0.717) is 16.9 Å². The van der Waals surface area contributed by atoms with Gasteiger partial charge in [0.2, 0.25) is 0 Å². The molecule has 2 amide bonds. The van der Waals surface area contributed by atoms with Gasteiger partial charge in [0.15, 0.2) is 11.5 Å². The zero-order valence-corrected chi connectivity index (χ0v) is 13.7. The monoisotopic (exact) mass is 351 g/mol. The molecular formula is C19H17N3O4. The molecule has 7 nitrogen and oxygen atoms in total. The minimum absolute atomic E-state index is 0.237. The number of hydroxylamine groups is 2. The Morgan fingerprint density at radius 3 is 2.73 bits per heavy atom. The second kappa shape index (κ2) is 5.89. The number of hydrogen-bond acceptors (Lipinski definition) is 5. The number of primary amides is 1. The van der Waals surface area contributed by atoms with Crippen molar-refractivity contribution in [1.29, 1.82) is 0 Å². The number of carbonyl (C=O) groups excluding carboxylic acids is 1. The Kier molecular flexibility index (Phi) is 3.66. The van der Waals surface area contributed by atoms with Gasteiger partial charge < -0.3 is 15.9 Å². The van der Waals surface area contributed by atoms with E-state index in [2.05, 4.69) is 4.98 Å². The third-order valence-corrected chi connectivity index (χ3v) is 4.94. The number of nitrogens with two attached hydrogens (primary N) is 1. The third kappa shape index (κ3) is 2.41. The maximum Gasteiger partial charge on any atom is 0.339 e. The van der Waals surface area contributed by atoms with E-state index in [9.17, 15) is 20.2 Å². The van der Waals surface area contributed by atoms with Gasteiger partial charge in [-0.2, -0.15) is 5.06 Å². The number of carbonyl (C=O) groups is 1. The molecule has 1 aromatic heterocycles. The molecule has 1 aliphatic carbocycles. The summed E-state index contributed by atoms with van der Waals surface area (Å²) in [5.74, 6) is -0.752. The van der Waals surface area contributed by atoms with Crippen LogP contribution in [0.1, 0.15) is 28.7 Å². The van der Waals surface area contributed by atoms with Crippen LogP contribution in [0.25, 0.3) is 10.9 Å². The summed E-state index contributed by atoms with van der Waals surface area (Å²) >= 11 is 0. The molecule has 3 aromatic rings. The van der Waals surface area contributed by atoms with Crippen molar-refractivity contribution in [2.75, 3.05) is 0 Å². The van der Waals surface area contributed by atoms with Crippen molar-refractivity contribution in [2.45, 2.75) is 18.4 Å². The molecule has 0 saturated carbocycles. The lowest BCUT2D eigenvalue weighted by Crippen LogP contribution is -2.37. The molecule has 2 aromatic carbocycles. The zero-order chi connectivity index (χ0) is 18.4. The highest BCUT2D eigenvalue weighted by molar-refractivity contribution is 5.87. The summed E-state index contributed by atoms with van der Waals surface area (Å²) in [6.45, 7) is 0. The minimum Gasteiger partial charge on any atom is -0.504 e. The number of phenolic OH excluding ortho intramolecular Hbond substituents is 2. The van der Waals surface area contributed by atoms with Crippen molar-refractivity contribution in [3.05, 3.63) is 65.4 Å². The number of phenols is 2. The van der Waals surface area contributed by atoms with Crippen LogP contribution in [0, 0.1) is 0 Å². The fourth-order valence-electron chi connectivity index (χ4n) is 3.71. The zero-order valence-electron chi connectivity index (χ0n) is 13.7. The van der Waals surface area contributed by atoms with Gasteiger partial charge in [-0.25, -0.2) is 4.79 Å². The molecule has 0 radical (unpaired) electrons. The number of urea groups is 1. The molecule has 0 aliphatic heterocycles. The van der Waals surface area contributed by atoms with E-state index in [-0.39, 0.29) is 22.9 Å². The summed E-state index contributed by atoms with van der Waals surface area (Å²) in [5, 5.41) is 31.0. The predicted molar refractivity (Wildman–Crippen MR) is 93.9 cm³/mol. The average molecular weight is 351 g/mol. The highest BCUT2D eigenvalue weighted by Gasteiger charge is 2.39. The highest BCUT2D eigenvalue weighted by atomic mass is 16.5. The van der Waals surface area contributed by atoms with E-state index >= 15 is 0 Å². The first-order valence-corrected chi connectivity index (χ1v) is 8.13. The first kappa shape index (κ1) is 16.2. The second-order valence-electron chi connectivity index (χ2n) is 6.41. The number of rotatable bonds is 2. The summed E-state index contributed by atoms with van der Waals surface area (Å²) in [5.41, 5.74) is 8.25. The number of amides is 2. The molecule has 1 aliphatic rings. The van der Waals surface area contributed by atoms with Crippen molar-refractivity contribution in [3.8, 4) is 11.5 Å². The number of hydrogen-bond donors (Lipinski definition) is 4. The molecule has 0 spiro atoms. The lowest BCUT2D eigenvalue weighted by Gasteiger charge is -2.27. The van der Waals surface area contributed by atoms with Gasteiger partial charge in [-0.15, -0.1) is 0 Å². The Hall–Kier alpha value is -3.32. The van der Waals surface area contributed by atoms with Crippen LogP contribution in [0.3, 0.4) is 0 Å². The standard InChI is InChI=1S/C19H17N3O4/c20-19(25)22(26)17-13-4-2-1-3-10(13)8-14(17)12-7-11-5-6-15(23)18(24)16(11)21-9-12/h1-7,9,14,17,23-24,26H,8H2,(H2,20,25). The quantitative estimate of drug-likeness (QED) is 0.321. The van der Waals surface area contributed by atoms with Crippen LogP contribution in [0.15, 0.2) is 48.7 Å². The smallest absolute Gasteiger partial charge is 0.339 e. The van der Waals surface area contributed by atoms with Crippen molar-refractivity contribution >= 4 is 16.9 Å². The summed E-state index contributed by atoms with van der Waals surface area (Å²) in [6, 6.07) is 10.9.